The highest BCUT2D eigenvalue weighted by molar-refractivity contribution is 6.31. The fourth-order valence-corrected chi connectivity index (χ4v) is 3.20. The first-order valence-corrected chi connectivity index (χ1v) is 9.07. The minimum Gasteiger partial charge on any atom is -0.353 e. The molecule has 7 heteroatoms. The Bertz CT molecular complexity index is 791. The summed E-state index contributed by atoms with van der Waals surface area (Å²) in [5.41, 5.74) is 3.05. The Hall–Kier alpha value is -2.18. The van der Waals surface area contributed by atoms with Crippen molar-refractivity contribution in [2.45, 2.75) is 26.4 Å². The Kier molecular flexibility index (Phi) is 5.74. The summed E-state index contributed by atoms with van der Waals surface area (Å²) in [7, 11) is 1.98. The molecule has 0 aliphatic carbocycles. The van der Waals surface area contributed by atoms with Crippen LogP contribution in [0.25, 0.3) is 0 Å². The summed E-state index contributed by atoms with van der Waals surface area (Å²) in [6.07, 6.45) is 1.61. The van der Waals surface area contributed by atoms with Crippen LogP contribution in [0.3, 0.4) is 0 Å². The molecule has 2 heterocycles. The standard InChI is InChI=1S/C19H24ClN5O/c1-13-14(2)22-12-23-19(13)25-9-16(10-25)24(3)11-18(26)21-8-15-6-4-5-7-17(15)20/h4-7,12,16H,8-11H2,1-3H3,(H,21,26). The molecule has 1 amide bonds. The van der Waals surface area contributed by atoms with Crippen molar-refractivity contribution >= 4 is 23.3 Å². The third-order valence-corrected chi connectivity index (χ3v) is 5.29. The molecule has 1 aromatic carbocycles. The molecule has 0 unspecified atom stereocenters. The number of aryl methyl sites for hydroxylation is 1. The molecular formula is C19H24ClN5O. The van der Waals surface area contributed by atoms with Gasteiger partial charge in [-0.1, -0.05) is 29.8 Å². The molecule has 1 aliphatic rings. The monoisotopic (exact) mass is 373 g/mol. The fraction of sp³-hybridized carbons (Fsp3) is 0.421. The van der Waals surface area contributed by atoms with E-state index in [-0.39, 0.29) is 5.91 Å². The van der Waals surface area contributed by atoms with Crippen molar-refractivity contribution in [2.75, 3.05) is 31.6 Å². The van der Waals surface area contributed by atoms with Crippen molar-refractivity contribution in [1.82, 2.24) is 20.2 Å². The highest BCUT2D eigenvalue weighted by Gasteiger charge is 2.32. The van der Waals surface area contributed by atoms with E-state index < -0.39 is 0 Å². The van der Waals surface area contributed by atoms with E-state index in [0.29, 0.717) is 24.2 Å². The molecule has 1 aliphatic heterocycles. The van der Waals surface area contributed by atoms with E-state index in [4.69, 9.17) is 11.6 Å². The Morgan fingerprint density at radius 3 is 2.77 bits per heavy atom. The van der Waals surface area contributed by atoms with E-state index >= 15 is 0 Å². The summed E-state index contributed by atoms with van der Waals surface area (Å²) in [5.74, 6) is 0.991. The number of rotatable bonds is 6. The van der Waals surface area contributed by atoms with E-state index in [1.54, 1.807) is 6.33 Å². The van der Waals surface area contributed by atoms with Gasteiger partial charge in [0, 0.05) is 42.0 Å². The van der Waals surface area contributed by atoms with Crippen LogP contribution in [0.1, 0.15) is 16.8 Å². The first kappa shape index (κ1) is 18.6. The van der Waals surface area contributed by atoms with Gasteiger partial charge in [-0.3, -0.25) is 9.69 Å². The van der Waals surface area contributed by atoms with Crippen LogP contribution in [0.2, 0.25) is 5.02 Å². The number of aromatic nitrogens is 2. The van der Waals surface area contributed by atoms with Gasteiger partial charge in [0.15, 0.2) is 0 Å². The molecule has 26 heavy (non-hydrogen) atoms. The molecular weight excluding hydrogens is 350 g/mol. The minimum absolute atomic E-state index is 0.0000640. The van der Waals surface area contributed by atoms with Gasteiger partial charge in [0.05, 0.1) is 6.54 Å². The first-order chi connectivity index (χ1) is 12.5. The van der Waals surface area contributed by atoms with Crippen molar-refractivity contribution in [3.05, 3.63) is 52.4 Å². The second kappa shape index (κ2) is 8.01. The second-order valence-electron chi connectivity index (χ2n) is 6.75. The van der Waals surface area contributed by atoms with Crippen LogP contribution in [-0.4, -0.2) is 53.5 Å². The molecule has 0 spiro atoms. The zero-order chi connectivity index (χ0) is 18.7. The van der Waals surface area contributed by atoms with Gasteiger partial charge in [0.25, 0.3) is 0 Å². The lowest BCUT2D eigenvalue weighted by Crippen LogP contribution is -2.60. The number of carbonyl (C=O) groups is 1. The van der Waals surface area contributed by atoms with Crippen LogP contribution in [0.5, 0.6) is 0 Å². The van der Waals surface area contributed by atoms with Gasteiger partial charge in [-0.15, -0.1) is 0 Å². The highest BCUT2D eigenvalue weighted by Crippen LogP contribution is 2.25. The first-order valence-electron chi connectivity index (χ1n) is 8.69. The quantitative estimate of drug-likeness (QED) is 0.841. The molecule has 1 N–H and O–H groups in total. The van der Waals surface area contributed by atoms with Crippen LogP contribution in [0, 0.1) is 13.8 Å². The molecule has 0 saturated carbocycles. The Labute approximate surface area is 159 Å². The number of nitrogens with one attached hydrogen (secondary N) is 1. The third kappa shape index (κ3) is 4.14. The summed E-state index contributed by atoms with van der Waals surface area (Å²) in [6, 6.07) is 7.89. The van der Waals surface area contributed by atoms with Crippen LogP contribution >= 0.6 is 11.6 Å². The van der Waals surface area contributed by atoms with Gasteiger partial charge >= 0.3 is 0 Å². The van der Waals surface area contributed by atoms with Crippen molar-refractivity contribution in [3.8, 4) is 0 Å². The molecule has 0 atom stereocenters. The lowest BCUT2D eigenvalue weighted by atomic mass is 10.1. The number of benzene rings is 1. The zero-order valence-corrected chi connectivity index (χ0v) is 16.1. The van der Waals surface area contributed by atoms with E-state index in [0.717, 1.165) is 35.7 Å². The molecule has 1 saturated heterocycles. The predicted molar refractivity (Wildman–Crippen MR) is 103 cm³/mol. The number of hydrogen-bond acceptors (Lipinski definition) is 5. The average molecular weight is 374 g/mol. The van der Waals surface area contributed by atoms with E-state index in [1.807, 2.05) is 45.2 Å². The largest absolute Gasteiger partial charge is 0.353 e. The maximum atomic E-state index is 12.2. The Balaban J connectivity index is 1.46. The minimum atomic E-state index is -0.0000640. The molecule has 2 aromatic rings. The molecule has 0 radical (unpaired) electrons. The Morgan fingerprint density at radius 1 is 1.31 bits per heavy atom. The highest BCUT2D eigenvalue weighted by atomic mass is 35.5. The molecule has 6 nitrogen and oxygen atoms in total. The topological polar surface area (TPSA) is 61.4 Å². The van der Waals surface area contributed by atoms with E-state index in [2.05, 4.69) is 25.1 Å². The van der Waals surface area contributed by atoms with Crippen LogP contribution in [-0.2, 0) is 11.3 Å². The summed E-state index contributed by atoms with van der Waals surface area (Å²) in [5, 5.41) is 3.61. The maximum Gasteiger partial charge on any atom is 0.234 e. The number of anilines is 1. The second-order valence-corrected chi connectivity index (χ2v) is 7.16. The fourth-order valence-electron chi connectivity index (χ4n) is 3.00. The zero-order valence-electron chi connectivity index (χ0n) is 15.4. The number of carbonyl (C=O) groups excluding carboxylic acids is 1. The SMILES string of the molecule is Cc1ncnc(N2CC(N(C)CC(=O)NCc3ccccc3Cl)C2)c1C. The molecule has 0 bridgehead atoms. The van der Waals surface area contributed by atoms with E-state index in [9.17, 15) is 4.79 Å². The molecule has 138 valence electrons. The average Bonchev–Trinajstić information content (AvgIpc) is 2.56. The van der Waals surface area contributed by atoms with Crippen LogP contribution < -0.4 is 10.2 Å². The van der Waals surface area contributed by atoms with Gasteiger partial charge in [-0.05, 0) is 32.5 Å². The molecule has 1 aromatic heterocycles. The van der Waals surface area contributed by atoms with Crippen LogP contribution in [0.4, 0.5) is 5.82 Å². The maximum absolute atomic E-state index is 12.2. The lowest BCUT2D eigenvalue weighted by Gasteiger charge is -2.45. The normalized spacial score (nSPS) is 14.4. The summed E-state index contributed by atoms with van der Waals surface area (Å²) in [6.45, 7) is 6.58. The van der Waals surface area contributed by atoms with Crippen molar-refractivity contribution < 1.29 is 4.79 Å². The summed E-state index contributed by atoms with van der Waals surface area (Å²) in [4.78, 5) is 25.1. The summed E-state index contributed by atoms with van der Waals surface area (Å²) < 4.78 is 0. The Morgan fingerprint density at radius 2 is 2.04 bits per heavy atom. The van der Waals surface area contributed by atoms with E-state index in [1.165, 1.54) is 0 Å². The lowest BCUT2D eigenvalue weighted by molar-refractivity contribution is -0.122. The number of nitrogens with zero attached hydrogens (tertiary/aromatic N) is 4. The van der Waals surface area contributed by atoms with Crippen LogP contribution in [0.15, 0.2) is 30.6 Å². The number of amides is 1. The smallest absolute Gasteiger partial charge is 0.234 e. The summed E-state index contributed by atoms with van der Waals surface area (Å²) >= 11 is 6.12. The van der Waals surface area contributed by atoms with Crippen molar-refractivity contribution in [1.29, 1.82) is 0 Å². The number of hydrogen-bond donors (Lipinski definition) is 1. The van der Waals surface area contributed by atoms with Gasteiger partial charge in [0.2, 0.25) is 5.91 Å². The van der Waals surface area contributed by atoms with Gasteiger partial charge in [0.1, 0.15) is 12.1 Å². The van der Waals surface area contributed by atoms with Gasteiger partial charge < -0.3 is 10.2 Å². The van der Waals surface area contributed by atoms with Gasteiger partial charge in [-0.25, -0.2) is 9.97 Å². The predicted octanol–water partition coefficient (Wildman–Crippen LogP) is 2.18. The molecule has 1 fully saturated rings. The van der Waals surface area contributed by atoms with Crippen molar-refractivity contribution in [3.63, 3.8) is 0 Å². The third-order valence-electron chi connectivity index (χ3n) is 4.92. The van der Waals surface area contributed by atoms with Crippen molar-refractivity contribution in [2.24, 2.45) is 0 Å². The number of likely N-dealkylation sites (N-methyl/N-ethyl adjacent to an activating group) is 1. The van der Waals surface area contributed by atoms with Gasteiger partial charge in [-0.2, -0.15) is 0 Å². The molecule has 3 rings (SSSR count). The number of halogens is 1.